The van der Waals surface area contributed by atoms with Gasteiger partial charge >= 0.3 is 0 Å². The van der Waals surface area contributed by atoms with Gasteiger partial charge in [0.15, 0.2) is 0 Å². The molecule has 2 aromatic carbocycles. The zero-order chi connectivity index (χ0) is 15.5. The van der Waals surface area contributed by atoms with Crippen molar-refractivity contribution in [3.8, 4) is 11.4 Å². The van der Waals surface area contributed by atoms with E-state index in [1.165, 1.54) is 11.8 Å². The Kier molecular flexibility index (Phi) is 4.52. The second-order valence-corrected chi connectivity index (χ2v) is 6.14. The fraction of sp³-hybridized carbons (Fsp3) is 0.0714. The fourth-order valence-electron chi connectivity index (χ4n) is 1.83. The van der Waals surface area contributed by atoms with E-state index in [1.807, 2.05) is 0 Å². The molecule has 0 atom stereocenters. The molecule has 1 N–H and O–H groups in total. The molecule has 0 unspecified atom stereocenters. The molecule has 0 bridgehead atoms. The van der Waals surface area contributed by atoms with Gasteiger partial charge in [0.2, 0.25) is 5.16 Å². The van der Waals surface area contributed by atoms with Crippen LogP contribution in [0.1, 0.15) is 5.56 Å². The molecule has 0 aliphatic carbocycles. The lowest BCUT2D eigenvalue weighted by Gasteiger charge is -2.07. The number of aromatic nitrogens is 4. The van der Waals surface area contributed by atoms with Gasteiger partial charge in [0, 0.05) is 15.8 Å². The van der Waals surface area contributed by atoms with E-state index < -0.39 is 0 Å². The summed E-state index contributed by atoms with van der Waals surface area (Å²) < 4.78 is 1.59. The Hall–Kier alpha value is -1.76. The summed E-state index contributed by atoms with van der Waals surface area (Å²) in [5.41, 5.74) is 1.60. The van der Waals surface area contributed by atoms with Crippen LogP contribution in [0.5, 0.6) is 5.75 Å². The molecule has 112 valence electrons. The van der Waals surface area contributed by atoms with E-state index in [1.54, 1.807) is 47.1 Å². The maximum Gasteiger partial charge on any atom is 0.214 e. The Bertz CT molecular complexity index is 772. The quantitative estimate of drug-likeness (QED) is 0.719. The Balaban J connectivity index is 1.83. The smallest absolute Gasteiger partial charge is 0.214 e. The molecule has 3 aromatic rings. The van der Waals surface area contributed by atoms with E-state index in [9.17, 15) is 5.11 Å². The van der Waals surface area contributed by atoms with Crippen molar-refractivity contribution in [2.24, 2.45) is 0 Å². The summed E-state index contributed by atoms with van der Waals surface area (Å²) in [6.45, 7) is 0. The van der Waals surface area contributed by atoms with E-state index in [0.29, 0.717) is 21.0 Å². The fourth-order valence-corrected chi connectivity index (χ4v) is 3.46. The predicted molar refractivity (Wildman–Crippen MR) is 86.8 cm³/mol. The molecule has 0 spiro atoms. The molecule has 8 heteroatoms. The van der Waals surface area contributed by atoms with Crippen LogP contribution in [0.2, 0.25) is 10.0 Å². The summed E-state index contributed by atoms with van der Waals surface area (Å²) in [5, 5.41) is 22.8. The molecule has 3 rings (SSSR count). The predicted octanol–water partition coefficient (Wildman–Crippen LogP) is 3.97. The zero-order valence-corrected chi connectivity index (χ0v) is 13.5. The average Bonchev–Trinajstić information content (AvgIpc) is 2.96. The zero-order valence-electron chi connectivity index (χ0n) is 11.1. The number of tetrazole rings is 1. The number of hydrogen-bond acceptors (Lipinski definition) is 5. The standard InChI is InChI=1S/C14H10Cl2N4OS/c15-12-2-1-3-13(16)11(12)8-22-14-17-18-19-20(14)9-4-6-10(21)7-5-9/h1-7,21H,8H2. The van der Waals surface area contributed by atoms with Crippen LogP contribution in [-0.2, 0) is 5.75 Å². The van der Waals surface area contributed by atoms with Crippen LogP contribution < -0.4 is 0 Å². The summed E-state index contributed by atoms with van der Waals surface area (Å²) in [6, 6.07) is 12.0. The van der Waals surface area contributed by atoms with Gasteiger partial charge in [-0.25, -0.2) is 0 Å². The minimum absolute atomic E-state index is 0.189. The van der Waals surface area contributed by atoms with Crippen molar-refractivity contribution in [1.29, 1.82) is 0 Å². The lowest BCUT2D eigenvalue weighted by molar-refractivity contribution is 0.475. The van der Waals surface area contributed by atoms with Gasteiger partial charge in [0.1, 0.15) is 5.75 Å². The molecule has 0 fully saturated rings. The Morgan fingerprint density at radius 1 is 1.05 bits per heavy atom. The number of thioether (sulfide) groups is 1. The van der Waals surface area contributed by atoms with Crippen LogP contribution >= 0.6 is 35.0 Å². The van der Waals surface area contributed by atoms with E-state index in [4.69, 9.17) is 23.2 Å². The minimum Gasteiger partial charge on any atom is -0.508 e. The molecule has 1 aromatic heterocycles. The van der Waals surface area contributed by atoms with Gasteiger partial charge in [-0.3, -0.25) is 0 Å². The maximum atomic E-state index is 9.34. The lowest BCUT2D eigenvalue weighted by atomic mass is 10.2. The Labute approximate surface area is 140 Å². The van der Waals surface area contributed by atoms with Crippen molar-refractivity contribution in [3.05, 3.63) is 58.1 Å². The Morgan fingerprint density at radius 2 is 1.73 bits per heavy atom. The lowest BCUT2D eigenvalue weighted by Crippen LogP contribution is -1.99. The number of phenols is 1. The molecule has 0 amide bonds. The SMILES string of the molecule is Oc1ccc(-n2nnnc2SCc2c(Cl)cccc2Cl)cc1. The van der Waals surface area contributed by atoms with Gasteiger partial charge in [-0.1, -0.05) is 41.0 Å². The summed E-state index contributed by atoms with van der Waals surface area (Å²) in [6.07, 6.45) is 0. The molecule has 1 heterocycles. The first kappa shape index (κ1) is 15.1. The molecule has 0 saturated carbocycles. The highest BCUT2D eigenvalue weighted by Crippen LogP contribution is 2.31. The van der Waals surface area contributed by atoms with Gasteiger partial charge in [-0.2, -0.15) is 4.68 Å². The molecule has 0 aliphatic rings. The number of benzene rings is 2. The second-order valence-electron chi connectivity index (χ2n) is 4.38. The topological polar surface area (TPSA) is 63.8 Å². The molecular weight excluding hydrogens is 343 g/mol. The van der Waals surface area contributed by atoms with Crippen molar-refractivity contribution in [3.63, 3.8) is 0 Å². The monoisotopic (exact) mass is 352 g/mol. The normalized spacial score (nSPS) is 10.8. The third kappa shape index (κ3) is 3.19. The molecular formula is C14H10Cl2N4OS. The third-order valence-electron chi connectivity index (χ3n) is 2.94. The third-order valence-corrected chi connectivity index (χ3v) is 4.60. The molecule has 0 saturated heterocycles. The number of hydrogen-bond donors (Lipinski definition) is 1. The van der Waals surface area contributed by atoms with Crippen molar-refractivity contribution in [2.75, 3.05) is 0 Å². The highest BCUT2D eigenvalue weighted by atomic mass is 35.5. The number of aromatic hydroxyl groups is 1. The van der Waals surface area contributed by atoms with Crippen molar-refractivity contribution < 1.29 is 5.11 Å². The number of phenolic OH excluding ortho intramolecular Hbond substituents is 1. The average molecular weight is 353 g/mol. The number of nitrogens with zero attached hydrogens (tertiary/aromatic N) is 4. The van der Waals surface area contributed by atoms with E-state index in [0.717, 1.165) is 11.3 Å². The summed E-state index contributed by atoms with van der Waals surface area (Å²) in [7, 11) is 0. The second kappa shape index (κ2) is 6.56. The van der Waals surface area contributed by atoms with Crippen LogP contribution in [0, 0.1) is 0 Å². The van der Waals surface area contributed by atoms with Crippen LogP contribution in [0.25, 0.3) is 5.69 Å². The van der Waals surface area contributed by atoms with Gasteiger partial charge in [-0.05, 0) is 52.4 Å². The van der Waals surface area contributed by atoms with E-state index >= 15 is 0 Å². The summed E-state index contributed by atoms with van der Waals surface area (Å²) >= 11 is 13.7. The molecule has 22 heavy (non-hydrogen) atoms. The van der Waals surface area contributed by atoms with Crippen LogP contribution in [0.4, 0.5) is 0 Å². The van der Waals surface area contributed by atoms with Crippen molar-refractivity contribution in [1.82, 2.24) is 20.2 Å². The molecule has 0 radical (unpaired) electrons. The van der Waals surface area contributed by atoms with Crippen molar-refractivity contribution in [2.45, 2.75) is 10.9 Å². The van der Waals surface area contributed by atoms with E-state index in [-0.39, 0.29) is 5.75 Å². The molecule has 0 aliphatic heterocycles. The first-order valence-corrected chi connectivity index (χ1v) is 8.03. The Morgan fingerprint density at radius 3 is 2.41 bits per heavy atom. The molecule has 5 nitrogen and oxygen atoms in total. The van der Waals surface area contributed by atoms with Crippen LogP contribution in [0.15, 0.2) is 47.6 Å². The minimum atomic E-state index is 0.189. The number of rotatable bonds is 4. The van der Waals surface area contributed by atoms with Crippen LogP contribution in [-0.4, -0.2) is 25.3 Å². The van der Waals surface area contributed by atoms with Gasteiger partial charge in [-0.15, -0.1) is 5.10 Å². The number of halogens is 2. The highest BCUT2D eigenvalue weighted by molar-refractivity contribution is 7.98. The first-order valence-electron chi connectivity index (χ1n) is 6.28. The van der Waals surface area contributed by atoms with Gasteiger partial charge in [0.05, 0.1) is 5.69 Å². The van der Waals surface area contributed by atoms with Gasteiger partial charge in [0.25, 0.3) is 0 Å². The largest absolute Gasteiger partial charge is 0.508 e. The van der Waals surface area contributed by atoms with Crippen LogP contribution in [0.3, 0.4) is 0 Å². The highest BCUT2D eigenvalue weighted by Gasteiger charge is 2.12. The summed E-state index contributed by atoms with van der Waals surface area (Å²) in [5.74, 6) is 0.741. The maximum absolute atomic E-state index is 9.34. The first-order chi connectivity index (χ1) is 10.6. The van der Waals surface area contributed by atoms with Crippen molar-refractivity contribution >= 4 is 35.0 Å². The van der Waals surface area contributed by atoms with Gasteiger partial charge < -0.3 is 5.11 Å². The summed E-state index contributed by atoms with van der Waals surface area (Å²) in [4.78, 5) is 0. The van der Waals surface area contributed by atoms with E-state index in [2.05, 4.69) is 15.5 Å².